The fourth-order valence-corrected chi connectivity index (χ4v) is 6.14. The van der Waals surface area contributed by atoms with Gasteiger partial charge in [0.05, 0.1) is 4.83 Å². The van der Waals surface area contributed by atoms with Crippen molar-refractivity contribution in [2.75, 3.05) is 0 Å². The van der Waals surface area contributed by atoms with E-state index in [9.17, 15) is 0 Å². The van der Waals surface area contributed by atoms with Crippen LogP contribution in [-0.4, -0.2) is 0 Å². The van der Waals surface area contributed by atoms with E-state index in [2.05, 4.69) is 69.9 Å². The van der Waals surface area contributed by atoms with Crippen LogP contribution in [0.25, 0.3) is 0 Å². The first kappa shape index (κ1) is 12.1. The van der Waals surface area contributed by atoms with Gasteiger partial charge in [0, 0.05) is 18.2 Å². The molecule has 0 aliphatic heterocycles. The maximum atomic E-state index is 3.80. The van der Waals surface area contributed by atoms with Gasteiger partial charge in [0.1, 0.15) is 0 Å². The van der Waals surface area contributed by atoms with Crippen LogP contribution < -0.4 is 0 Å². The predicted octanol–water partition coefficient (Wildman–Crippen LogP) is 5.52. The lowest BCUT2D eigenvalue weighted by Crippen LogP contribution is -1.89. The molecule has 15 heavy (non-hydrogen) atoms. The summed E-state index contributed by atoms with van der Waals surface area (Å²) in [5.74, 6) is 0. The van der Waals surface area contributed by atoms with E-state index in [0.717, 1.165) is 0 Å². The first-order valence-corrected chi connectivity index (χ1v) is 8.22. The molecule has 0 saturated heterocycles. The molecule has 0 fully saturated rings. The third-order valence-electron chi connectivity index (χ3n) is 2.18. The summed E-state index contributed by atoms with van der Waals surface area (Å²) < 4.78 is 1.35. The Morgan fingerprint density at radius 2 is 2.07 bits per heavy atom. The Balaban J connectivity index is 2.40. The van der Waals surface area contributed by atoms with Crippen molar-refractivity contribution >= 4 is 61.2 Å². The van der Waals surface area contributed by atoms with E-state index in [0.29, 0.717) is 4.83 Å². The van der Waals surface area contributed by atoms with E-state index in [1.165, 1.54) is 23.8 Å². The highest BCUT2D eigenvalue weighted by atomic mass is 127. The van der Waals surface area contributed by atoms with Gasteiger partial charge in [-0.3, -0.25) is 0 Å². The van der Waals surface area contributed by atoms with E-state index < -0.39 is 0 Å². The molecule has 80 valence electrons. The Bertz CT molecular complexity index is 473. The average Bonchev–Trinajstić information content (AvgIpc) is 2.71. The molecule has 0 radical (unpaired) electrons. The number of hydrogen-bond donors (Lipinski definition) is 0. The quantitative estimate of drug-likeness (QED) is 0.450. The van der Waals surface area contributed by atoms with E-state index in [1.54, 1.807) is 0 Å². The number of alkyl halides is 1. The molecule has 2 heterocycles. The van der Waals surface area contributed by atoms with Crippen LogP contribution >= 0.6 is 61.2 Å². The molecule has 1 atom stereocenters. The molecule has 4 heteroatoms. The van der Waals surface area contributed by atoms with Gasteiger partial charge < -0.3 is 0 Å². The first-order chi connectivity index (χ1) is 7.09. The number of halogens is 2. The van der Waals surface area contributed by atoms with Gasteiger partial charge in [-0.1, -0.05) is 15.9 Å². The largest absolute Gasteiger partial charge is 0.146 e. The average molecular weight is 413 g/mol. The third-order valence-corrected chi connectivity index (χ3v) is 7.21. The normalized spacial score (nSPS) is 13.1. The Morgan fingerprint density at radius 1 is 1.33 bits per heavy atom. The van der Waals surface area contributed by atoms with Crippen molar-refractivity contribution in [1.82, 2.24) is 0 Å². The van der Waals surface area contributed by atoms with Gasteiger partial charge in [-0.25, -0.2) is 0 Å². The summed E-state index contributed by atoms with van der Waals surface area (Å²) in [7, 11) is 0. The molecule has 0 bridgehead atoms. The summed E-state index contributed by atoms with van der Waals surface area (Å²) in [6, 6.07) is 4.43. The van der Waals surface area contributed by atoms with Crippen molar-refractivity contribution in [3.8, 4) is 0 Å². The minimum absolute atomic E-state index is 0.364. The van der Waals surface area contributed by atoms with Crippen LogP contribution in [0.3, 0.4) is 0 Å². The smallest absolute Gasteiger partial charge is 0.0844 e. The second-order valence-corrected chi connectivity index (χ2v) is 7.71. The molecule has 2 rings (SSSR count). The molecular formula is C11H10BrIS2. The van der Waals surface area contributed by atoms with Gasteiger partial charge in [0.2, 0.25) is 0 Å². The number of aryl methyl sites for hydroxylation is 2. The highest BCUT2D eigenvalue weighted by molar-refractivity contribution is 14.1. The predicted molar refractivity (Wildman–Crippen MR) is 81.6 cm³/mol. The molecule has 0 aliphatic rings. The van der Waals surface area contributed by atoms with Crippen molar-refractivity contribution in [2.24, 2.45) is 0 Å². The molecule has 0 aliphatic carbocycles. The summed E-state index contributed by atoms with van der Waals surface area (Å²) in [6.45, 7) is 4.36. The number of rotatable bonds is 2. The summed E-state index contributed by atoms with van der Waals surface area (Å²) in [4.78, 5) is 4.61. The molecule has 0 aromatic carbocycles. The summed E-state index contributed by atoms with van der Waals surface area (Å²) >= 11 is 9.91. The summed E-state index contributed by atoms with van der Waals surface area (Å²) in [5.41, 5.74) is 1.39. The van der Waals surface area contributed by atoms with Crippen molar-refractivity contribution < 1.29 is 0 Å². The van der Waals surface area contributed by atoms with Crippen LogP contribution in [-0.2, 0) is 0 Å². The maximum absolute atomic E-state index is 3.80. The van der Waals surface area contributed by atoms with E-state index in [-0.39, 0.29) is 0 Å². The summed E-state index contributed by atoms with van der Waals surface area (Å²) in [6.07, 6.45) is 0. The molecule has 0 spiro atoms. The molecule has 0 N–H and O–H groups in total. The van der Waals surface area contributed by atoms with Gasteiger partial charge in [0.25, 0.3) is 0 Å². The van der Waals surface area contributed by atoms with Crippen LogP contribution in [0.4, 0.5) is 0 Å². The monoisotopic (exact) mass is 412 g/mol. The first-order valence-electron chi connectivity index (χ1n) is 4.53. The van der Waals surface area contributed by atoms with Gasteiger partial charge >= 0.3 is 0 Å². The lowest BCUT2D eigenvalue weighted by Gasteiger charge is -2.07. The molecule has 2 aromatic heterocycles. The van der Waals surface area contributed by atoms with E-state index in [4.69, 9.17) is 0 Å². The molecular weight excluding hydrogens is 403 g/mol. The van der Waals surface area contributed by atoms with Crippen LogP contribution in [0.15, 0.2) is 17.5 Å². The highest BCUT2D eigenvalue weighted by Crippen LogP contribution is 2.41. The Labute approximate surface area is 120 Å². The second-order valence-electron chi connectivity index (χ2n) is 3.40. The minimum atomic E-state index is 0.364. The maximum Gasteiger partial charge on any atom is 0.0844 e. The fourth-order valence-electron chi connectivity index (χ4n) is 1.52. The Morgan fingerprint density at radius 3 is 2.53 bits per heavy atom. The Kier molecular flexibility index (Phi) is 3.91. The zero-order chi connectivity index (χ0) is 11.0. The van der Waals surface area contributed by atoms with Crippen LogP contribution in [0, 0.1) is 17.4 Å². The van der Waals surface area contributed by atoms with Crippen LogP contribution in [0.1, 0.15) is 25.0 Å². The van der Waals surface area contributed by atoms with Gasteiger partial charge in [-0.15, -0.1) is 22.7 Å². The van der Waals surface area contributed by atoms with Crippen molar-refractivity contribution in [3.05, 3.63) is 41.3 Å². The SMILES string of the molecule is Cc1cc(C)c(C(Br)c2sccc2I)s1. The van der Waals surface area contributed by atoms with Crippen LogP contribution in [0.2, 0.25) is 0 Å². The number of thiophene rings is 2. The zero-order valence-corrected chi connectivity index (χ0v) is 13.8. The zero-order valence-electron chi connectivity index (χ0n) is 8.38. The highest BCUT2D eigenvalue weighted by Gasteiger charge is 2.18. The lowest BCUT2D eigenvalue weighted by molar-refractivity contribution is 1.23. The molecule has 0 nitrogen and oxygen atoms in total. The van der Waals surface area contributed by atoms with Crippen molar-refractivity contribution in [2.45, 2.75) is 18.7 Å². The van der Waals surface area contributed by atoms with E-state index >= 15 is 0 Å². The van der Waals surface area contributed by atoms with Gasteiger partial charge in [-0.05, 0) is 59.5 Å². The standard InChI is InChI=1S/C11H10BrIS2/c1-6-5-7(2)15-10(6)9(12)11-8(13)3-4-14-11/h3-5,9H,1-2H3. The minimum Gasteiger partial charge on any atom is -0.146 e. The van der Waals surface area contributed by atoms with Gasteiger partial charge in [-0.2, -0.15) is 0 Å². The molecule has 0 saturated carbocycles. The topological polar surface area (TPSA) is 0 Å². The van der Waals surface area contributed by atoms with Crippen molar-refractivity contribution in [1.29, 1.82) is 0 Å². The molecule has 0 amide bonds. The van der Waals surface area contributed by atoms with Crippen LogP contribution in [0.5, 0.6) is 0 Å². The Hall–Kier alpha value is 0.610. The third kappa shape index (κ3) is 2.48. The van der Waals surface area contributed by atoms with E-state index in [1.807, 2.05) is 22.7 Å². The second kappa shape index (κ2) is 4.85. The molecule has 1 unspecified atom stereocenters. The summed E-state index contributed by atoms with van der Waals surface area (Å²) in [5, 5.41) is 2.15. The fraction of sp³-hybridized carbons (Fsp3) is 0.273. The molecule has 2 aromatic rings. The van der Waals surface area contributed by atoms with Crippen molar-refractivity contribution in [3.63, 3.8) is 0 Å². The number of hydrogen-bond acceptors (Lipinski definition) is 2. The van der Waals surface area contributed by atoms with Gasteiger partial charge in [0.15, 0.2) is 0 Å². The lowest BCUT2D eigenvalue weighted by atomic mass is 10.2.